The third-order valence-corrected chi connectivity index (χ3v) is 6.30. The van der Waals surface area contributed by atoms with Crippen LogP contribution in [0.5, 0.6) is 0 Å². The van der Waals surface area contributed by atoms with E-state index in [0.29, 0.717) is 18.0 Å². The fraction of sp³-hybridized carbons (Fsp3) is 0.278. The molecule has 2 heterocycles. The van der Waals surface area contributed by atoms with Crippen molar-refractivity contribution in [3.8, 4) is 11.1 Å². The second kappa shape index (κ2) is 7.11. The molecule has 3 rings (SSSR count). The Hall–Kier alpha value is -1.96. The van der Waals surface area contributed by atoms with Gasteiger partial charge in [-0.05, 0) is 29.5 Å². The standard InChI is InChI=1S/C18H20N2O3S2/c1-13(2)9-16-10-17(18(24-16)25(21,22)23)15-5-3-14(4-6-15)11-20-8-7-19-12-20/h3-8,10,12-13H,9,11H2,1-2H3,(H,21,22,23). The van der Waals surface area contributed by atoms with E-state index in [4.69, 9.17) is 0 Å². The topological polar surface area (TPSA) is 72.2 Å². The average molecular weight is 377 g/mol. The minimum absolute atomic E-state index is 0.0190. The summed E-state index contributed by atoms with van der Waals surface area (Å²) < 4.78 is 35.1. The first kappa shape index (κ1) is 17.8. The van der Waals surface area contributed by atoms with Crippen molar-refractivity contribution in [2.45, 2.75) is 31.0 Å². The summed E-state index contributed by atoms with van der Waals surface area (Å²) in [5, 5.41) is 0. The molecule has 0 fully saturated rings. The Morgan fingerprint density at radius 3 is 2.52 bits per heavy atom. The Labute approximate surface area is 151 Å². The first-order chi connectivity index (χ1) is 11.8. The van der Waals surface area contributed by atoms with Crippen LogP contribution in [0.1, 0.15) is 24.3 Å². The Kier molecular flexibility index (Phi) is 5.08. The zero-order valence-electron chi connectivity index (χ0n) is 14.1. The van der Waals surface area contributed by atoms with Crippen LogP contribution >= 0.6 is 11.3 Å². The third-order valence-electron chi connectivity index (χ3n) is 3.78. The van der Waals surface area contributed by atoms with Gasteiger partial charge in [0, 0.05) is 29.4 Å². The molecular formula is C18H20N2O3S2. The minimum Gasteiger partial charge on any atom is -0.333 e. The molecule has 2 aromatic heterocycles. The summed E-state index contributed by atoms with van der Waals surface area (Å²) in [7, 11) is -4.24. The first-order valence-electron chi connectivity index (χ1n) is 7.98. The minimum atomic E-state index is -4.24. The fourth-order valence-corrected chi connectivity index (χ4v) is 5.02. The molecule has 25 heavy (non-hydrogen) atoms. The molecule has 7 heteroatoms. The van der Waals surface area contributed by atoms with Crippen LogP contribution < -0.4 is 0 Å². The summed E-state index contributed by atoms with van der Waals surface area (Å²) >= 11 is 1.15. The van der Waals surface area contributed by atoms with Gasteiger partial charge in [0.1, 0.15) is 0 Å². The van der Waals surface area contributed by atoms with Crippen molar-refractivity contribution in [2.75, 3.05) is 0 Å². The Morgan fingerprint density at radius 2 is 1.96 bits per heavy atom. The van der Waals surface area contributed by atoms with E-state index in [0.717, 1.165) is 33.8 Å². The first-order valence-corrected chi connectivity index (χ1v) is 10.2. The Morgan fingerprint density at radius 1 is 1.24 bits per heavy atom. The molecule has 3 aromatic rings. The van der Waals surface area contributed by atoms with Crippen molar-refractivity contribution in [2.24, 2.45) is 5.92 Å². The molecular weight excluding hydrogens is 356 g/mol. The van der Waals surface area contributed by atoms with Gasteiger partial charge >= 0.3 is 10.1 Å². The second-order valence-electron chi connectivity index (χ2n) is 6.42. The lowest BCUT2D eigenvalue weighted by molar-refractivity contribution is 0.486. The largest absolute Gasteiger partial charge is 0.333 e. The summed E-state index contributed by atoms with van der Waals surface area (Å²) in [6, 6.07) is 9.58. The quantitative estimate of drug-likeness (QED) is 0.657. The molecule has 0 unspecified atom stereocenters. The molecule has 5 nitrogen and oxygen atoms in total. The zero-order chi connectivity index (χ0) is 18.0. The van der Waals surface area contributed by atoms with Crippen LogP contribution in [0.25, 0.3) is 11.1 Å². The number of hydrogen-bond acceptors (Lipinski definition) is 4. The number of imidazole rings is 1. The Balaban J connectivity index is 1.93. The summed E-state index contributed by atoms with van der Waals surface area (Å²) in [4.78, 5) is 4.98. The van der Waals surface area contributed by atoms with Crippen LogP contribution in [0.15, 0.2) is 53.3 Å². The van der Waals surface area contributed by atoms with Crippen molar-refractivity contribution in [3.63, 3.8) is 0 Å². The maximum Gasteiger partial charge on any atom is 0.304 e. The molecule has 0 atom stereocenters. The predicted octanol–water partition coefficient (Wildman–Crippen LogP) is 4.11. The van der Waals surface area contributed by atoms with Crippen LogP contribution in [0.3, 0.4) is 0 Å². The summed E-state index contributed by atoms with van der Waals surface area (Å²) in [6.45, 7) is 4.86. The van der Waals surface area contributed by atoms with E-state index in [1.807, 2.05) is 41.1 Å². The van der Waals surface area contributed by atoms with E-state index in [1.165, 1.54) is 0 Å². The van der Waals surface area contributed by atoms with Gasteiger partial charge in [-0.2, -0.15) is 8.42 Å². The lowest BCUT2D eigenvalue weighted by Crippen LogP contribution is -1.98. The van der Waals surface area contributed by atoms with Crippen LogP contribution in [-0.4, -0.2) is 22.5 Å². The van der Waals surface area contributed by atoms with E-state index in [1.54, 1.807) is 12.5 Å². The van der Waals surface area contributed by atoms with Gasteiger partial charge in [0.25, 0.3) is 0 Å². The lowest BCUT2D eigenvalue weighted by Gasteiger charge is -2.05. The highest BCUT2D eigenvalue weighted by Gasteiger charge is 2.21. The number of thiophene rings is 1. The highest BCUT2D eigenvalue weighted by Crippen LogP contribution is 2.36. The zero-order valence-corrected chi connectivity index (χ0v) is 15.7. The van der Waals surface area contributed by atoms with Crippen molar-refractivity contribution >= 4 is 21.5 Å². The average Bonchev–Trinajstić information content (AvgIpc) is 3.16. The van der Waals surface area contributed by atoms with E-state index in [2.05, 4.69) is 18.8 Å². The van der Waals surface area contributed by atoms with Gasteiger partial charge < -0.3 is 4.57 Å². The molecule has 1 aromatic carbocycles. The maximum absolute atomic E-state index is 11.8. The van der Waals surface area contributed by atoms with Gasteiger partial charge in [-0.25, -0.2) is 4.98 Å². The monoisotopic (exact) mass is 376 g/mol. The predicted molar refractivity (Wildman–Crippen MR) is 99.4 cm³/mol. The molecule has 0 spiro atoms. The van der Waals surface area contributed by atoms with Crippen LogP contribution in [0, 0.1) is 5.92 Å². The molecule has 0 aliphatic carbocycles. The fourth-order valence-electron chi connectivity index (χ4n) is 2.70. The lowest BCUT2D eigenvalue weighted by atomic mass is 10.0. The smallest absolute Gasteiger partial charge is 0.304 e. The van der Waals surface area contributed by atoms with E-state index < -0.39 is 10.1 Å². The second-order valence-corrected chi connectivity index (χ2v) is 9.17. The van der Waals surface area contributed by atoms with Gasteiger partial charge in [-0.15, -0.1) is 11.3 Å². The molecule has 0 bridgehead atoms. The molecule has 0 radical (unpaired) electrons. The molecule has 1 N–H and O–H groups in total. The molecule has 0 saturated carbocycles. The van der Waals surface area contributed by atoms with Gasteiger partial charge in [0.05, 0.1) is 6.33 Å². The molecule has 0 aliphatic rings. The molecule has 0 aliphatic heterocycles. The SMILES string of the molecule is CC(C)Cc1cc(-c2ccc(Cn3ccnc3)cc2)c(S(=O)(=O)O)s1. The van der Waals surface area contributed by atoms with E-state index in [9.17, 15) is 13.0 Å². The Bertz CT molecular complexity index is 941. The highest BCUT2D eigenvalue weighted by atomic mass is 32.3. The van der Waals surface area contributed by atoms with Crippen LogP contribution in [0.4, 0.5) is 0 Å². The number of rotatable bonds is 6. The molecule has 0 amide bonds. The van der Waals surface area contributed by atoms with Gasteiger partial charge in [0.15, 0.2) is 4.21 Å². The van der Waals surface area contributed by atoms with E-state index >= 15 is 0 Å². The normalized spacial score (nSPS) is 12.0. The summed E-state index contributed by atoms with van der Waals surface area (Å²) in [5.74, 6) is 0.415. The number of hydrogen-bond donors (Lipinski definition) is 1. The van der Waals surface area contributed by atoms with Gasteiger partial charge in [-0.1, -0.05) is 38.1 Å². The summed E-state index contributed by atoms with van der Waals surface area (Å²) in [6.07, 6.45) is 6.16. The summed E-state index contributed by atoms with van der Waals surface area (Å²) in [5.41, 5.74) is 2.44. The maximum atomic E-state index is 11.8. The van der Waals surface area contributed by atoms with Gasteiger partial charge in [-0.3, -0.25) is 4.55 Å². The van der Waals surface area contributed by atoms with E-state index in [-0.39, 0.29) is 4.21 Å². The van der Waals surface area contributed by atoms with Gasteiger partial charge in [0.2, 0.25) is 0 Å². The number of aromatic nitrogens is 2. The highest BCUT2D eigenvalue weighted by molar-refractivity contribution is 7.88. The van der Waals surface area contributed by atoms with Crippen molar-refractivity contribution in [3.05, 3.63) is 59.5 Å². The van der Waals surface area contributed by atoms with Crippen LogP contribution in [-0.2, 0) is 23.1 Å². The van der Waals surface area contributed by atoms with Crippen molar-refractivity contribution in [1.82, 2.24) is 9.55 Å². The number of nitrogens with zero attached hydrogens (tertiary/aromatic N) is 2. The van der Waals surface area contributed by atoms with Crippen molar-refractivity contribution in [1.29, 1.82) is 0 Å². The van der Waals surface area contributed by atoms with Crippen LogP contribution in [0.2, 0.25) is 0 Å². The third kappa shape index (κ3) is 4.36. The van der Waals surface area contributed by atoms with Crippen molar-refractivity contribution < 1.29 is 13.0 Å². The molecule has 0 saturated heterocycles. The number of benzene rings is 1. The molecule has 132 valence electrons.